The highest BCUT2D eigenvalue weighted by Gasteiger charge is 2.37. The van der Waals surface area contributed by atoms with E-state index < -0.39 is 10.8 Å². The molecule has 68 valence electrons. The fourth-order valence-corrected chi connectivity index (χ4v) is 3.40. The molecule has 2 aliphatic rings. The Balaban J connectivity index is 2.11. The lowest BCUT2D eigenvalue weighted by molar-refractivity contribution is -0.148. The van der Waals surface area contributed by atoms with E-state index in [2.05, 4.69) is 0 Å². The minimum absolute atomic E-state index is 0.0409. The molecule has 0 aromatic heterocycles. The van der Waals surface area contributed by atoms with E-state index in [0.29, 0.717) is 0 Å². The summed E-state index contributed by atoms with van der Waals surface area (Å²) in [5.41, 5.74) is 0. The van der Waals surface area contributed by atoms with Gasteiger partial charge in [0.05, 0.1) is 5.25 Å². The van der Waals surface area contributed by atoms with Gasteiger partial charge in [0.2, 0.25) is 0 Å². The number of rotatable bonds is 0. The molecule has 0 N–H and O–H groups in total. The highest BCUT2D eigenvalue weighted by atomic mass is 32.2. The molecular weight excluding hydrogens is 176 g/mol. The predicted molar refractivity (Wildman–Crippen MR) is 45.1 cm³/mol. The summed E-state index contributed by atoms with van der Waals surface area (Å²) in [6.45, 7) is 0. The summed E-state index contributed by atoms with van der Waals surface area (Å²) in [6, 6.07) is 0. The smallest absolute Gasteiger partial charge is 0.318 e. The maximum Gasteiger partial charge on any atom is 0.318 e. The van der Waals surface area contributed by atoms with Crippen LogP contribution in [0, 0.1) is 0 Å². The summed E-state index contributed by atoms with van der Waals surface area (Å²) in [6.07, 6.45) is 4.06. The van der Waals surface area contributed by atoms with Gasteiger partial charge in [-0.2, -0.15) is 0 Å². The van der Waals surface area contributed by atoms with Crippen LogP contribution in [0.15, 0.2) is 0 Å². The Hall–Kier alpha value is -0.380. The molecule has 2 rings (SSSR count). The van der Waals surface area contributed by atoms with Crippen molar-refractivity contribution in [3.63, 3.8) is 0 Å². The van der Waals surface area contributed by atoms with Crippen molar-refractivity contribution >= 4 is 16.8 Å². The van der Waals surface area contributed by atoms with Gasteiger partial charge in [0.25, 0.3) is 0 Å². The van der Waals surface area contributed by atoms with Gasteiger partial charge in [0.1, 0.15) is 11.9 Å². The van der Waals surface area contributed by atoms with E-state index in [1.165, 1.54) is 0 Å². The molecular formula is C8H12O3S. The van der Waals surface area contributed by atoms with Crippen molar-refractivity contribution in [1.82, 2.24) is 0 Å². The summed E-state index contributed by atoms with van der Waals surface area (Å²) >= 11 is 0. The first-order valence-electron chi connectivity index (χ1n) is 4.34. The molecule has 3 nitrogen and oxygen atoms in total. The van der Waals surface area contributed by atoms with Gasteiger partial charge in [-0.1, -0.05) is 6.42 Å². The van der Waals surface area contributed by atoms with Crippen molar-refractivity contribution in [3.8, 4) is 0 Å². The summed E-state index contributed by atoms with van der Waals surface area (Å²) in [4.78, 5) is 10.9. The average molecular weight is 188 g/mol. The highest BCUT2D eigenvalue weighted by molar-refractivity contribution is 7.86. The molecule has 12 heavy (non-hydrogen) atoms. The van der Waals surface area contributed by atoms with Crippen molar-refractivity contribution < 1.29 is 13.7 Å². The molecule has 0 radical (unpaired) electrons. The van der Waals surface area contributed by atoms with E-state index in [4.69, 9.17) is 4.74 Å². The number of fused-ring (bicyclic) bond motifs is 1. The molecule has 1 heterocycles. The molecule has 1 saturated heterocycles. The molecule has 4 heteroatoms. The van der Waals surface area contributed by atoms with Crippen molar-refractivity contribution in [2.24, 2.45) is 0 Å². The van der Waals surface area contributed by atoms with Gasteiger partial charge in [0, 0.05) is 10.8 Å². The Labute approximate surface area is 73.9 Å². The standard InChI is InChI=1S/C8H12O3S/c9-8-5-12(10)7-4-2-1-3-6(7)11-8/h6-7H,1-5H2/t6-,7+,12?/m0/s1. The van der Waals surface area contributed by atoms with Crippen molar-refractivity contribution in [2.75, 3.05) is 5.75 Å². The molecule has 0 bridgehead atoms. The van der Waals surface area contributed by atoms with Crippen LogP contribution in [0.1, 0.15) is 25.7 Å². The molecule has 2 fully saturated rings. The summed E-state index contributed by atoms with van der Waals surface area (Å²) in [5, 5.41) is 0.136. The largest absolute Gasteiger partial charge is 0.460 e. The molecule has 0 spiro atoms. The zero-order valence-corrected chi connectivity index (χ0v) is 7.64. The average Bonchev–Trinajstić information content (AvgIpc) is 2.04. The first kappa shape index (κ1) is 8.23. The molecule has 0 aromatic carbocycles. The maximum atomic E-state index is 11.4. The van der Waals surface area contributed by atoms with Gasteiger partial charge >= 0.3 is 5.97 Å². The third-order valence-corrected chi connectivity index (χ3v) is 4.26. The number of esters is 1. The van der Waals surface area contributed by atoms with E-state index >= 15 is 0 Å². The molecule has 0 aromatic rings. The summed E-state index contributed by atoms with van der Waals surface area (Å²) in [7, 11) is -0.961. The lowest BCUT2D eigenvalue weighted by Gasteiger charge is -2.33. The molecule has 1 aliphatic carbocycles. The molecule has 0 amide bonds. The minimum atomic E-state index is -0.961. The summed E-state index contributed by atoms with van der Waals surface area (Å²) in [5.74, 6) is -0.169. The van der Waals surface area contributed by atoms with Crippen LogP contribution in [0.3, 0.4) is 0 Å². The first-order valence-corrected chi connectivity index (χ1v) is 5.72. The Bertz CT molecular complexity index is 226. The van der Waals surface area contributed by atoms with Crippen LogP contribution in [0.5, 0.6) is 0 Å². The second kappa shape index (κ2) is 3.17. The Kier molecular flexibility index (Phi) is 2.17. The van der Waals surface area contributed by atoms with Gasteiger partial charge in [-0.25, -0.2) is 0 Å². The third-order valence-electron chi connectivity index (χ3n) is 2.52. The zero-order valence-electron chi connectivity index (χ0n) is 6.82. The van der Waals surface area contributed by atoms with Crippen LogP contribution in [0.4, 0.5) is 0 Å². The lowest BCUT2D eigenvalue weighted by Crippen LogP contribution is -2.44. The fraction of sp³-hybridized carbons (Fsp3) is 0.875. The predicted octanol–water partition coefficient (Wildman–Crippen LogP) is 0.603. The van der Waals surface area contributed by atoms with Gasteiger partial charge in [0.15, 0.2) is 0 Å². The SMILES string of the molecule is O=C1CS(=O)[C@@H]2CCCC[C@@H]2O1. The first-order chi connectivity index (χ1) is 5.77. The lowest BCUT2D eigenvalue weighted by atomic mass is 9.97. The Morgan fingerprint density at radius 1 is 1.33 bits per heavy atom. The number of carbonyl (C=O) groups is 1. The second-order valence-electron chi connectivity index (χ2n) is 3.38. The molecule has 3 atom stereocenters. The number of carbonyl (C=O) groups excluding carboxylic acids is 1. The Morgan fingerprint density at radius 3 is 2.92 bits per heavy atom. The second-order valence-corrected chi connectivity index (χ2v) is 5.03. The Morgan fingerprint density at radius 2 is 2.08 bits per heavy atom. The molecule has 1 aliphatic heterocycles. The van der Waals surface area contributed by atoms with Crippen LogP contribution >= 0.6 is 0 Å². The number of ether oxygens (including phenoxy) is 1. The quantitative estimate of drug-likeness (QED) is 0.523. The monoisotopic (exact) mass is 188 g/mol. The van der Waals surface area contributed by atoms with Crippen LogP contribution in [-0.4, -0.2) is 27.3 Å². The van der Waals surface area contributed by atoms with E-state index in [1.54, 1.807) is 0 Å². The van der Waals surface area contributed by atoms with E-state index in [9.17, 15) is 9.00 Å². The van der Waals surface area contributed by atoms with Gasteiger partial charge in [-0.05, 0) is 19.3 Å². The molecule has 1 saturated carbocycles. The highest BCUT2D eigenvalue weighted by Crippen LogP contribution is 2.28. The van der Waals surface area contributed by atoms with Crippen LogP contribution in [0.2, 0.25) is 0 Å². The van der Waals surface area contributed by atoms with E-state index in [-0.39, 0.29) is 23.1 Å². The van der Waals surface area contributed by atoms with Gasteiger partial charge < -0.3 is 4.74 Å². The minimum Gasteiger partial charge on any atom is -0.460 e. The van der Waals surface area contributed by atoms with E-state index in [0.717, 1.165) is 25.7 Å². The summed E-state index contributed by atoms with van der Waals surface area (Å²) < 4.78 is 16.6. The third kappa shape index (κ3) is 1.40. The van der Waals surface area contributed by atoms with Crippen molar-refractivity contribution in [1.29, 1.82) is 0 Å². The number of hydrogen-bond donors (Lipinski definition) is 0. The molecule has 1 unspecified atom stereocenters. The van der Waals surface area contributed by atoms with Crippen LogP contribution < -0.4 is 0 Å². The zero-order chi connectivity index (χ0) is 8.55. The van der Waals surface area contributed by atoms with Crippen LogP contribution in [0.25, 0.3) is 0 Å². The van der Waals surface area contributed by atoms with Crippen LogP contribution in [-0.2, 0) is 20.3 Å². The number of hydrogen-bond acceptors (Lipinski definition) is 3. The van der Waals surface area contributed by atoms with Gasteiger partial charge in [-0.3, -0.25) is 9.00 Å². The topological polar surface area (TPSA) is 43.4 Å². The maximum absolute atomic E-state index is 11.4. The van der Waals surface area contributed by atoms with Crippen molar-refractivity contribution in [2.45, 2.75) is 37.0 Å². The van der Waals surface area contributed by atoms with Crippen molar-refractivity contribution in [3.05, 3.63) is 0 Å². The fourth-order valence-electron chi connectivity index (χ4n) is 1.92. The normalized spacial score (nSPS) is 41.7. The van der Waals surface area contributed by atoms with E-state index in [1.807, 2.05) is 0 Å². The van der Waals surface area contributed by atoms with Gasteiger partial charge in [-0.15, -0.1) is 0 Å².